The van der Waals surface area contributed by atoms with Crippen LogP contribution in [0.4, 0.5) is 0 Å². The fourth-order valence-electron chi connectivity index (χ4n) is 1.85. The number of benzene rings is 2. The summed E-state index contributed by atoms with van der Waals surface area (Å²) < 4.78 is 10.7. The number of alkyl halides is 1. The van der Waals surface area contributed by atoms with Crippen molar-refractivity contribution in [1.82, 2.24) is 0 Å². The van der Waals surface area contributed by atoms with Crippen LogP contribution < -0.4 is 9.47 Å². The molecule has 2 aromatic carbocycles. The van der Waals surface area contributed by atoms with E-state index in [0.717, 1.165) is 28.0 Å². The van der Waals surface area contributed by atoms with Crippen molar-refractivity contribution < 1.29 is 9.47 Å². The molecule has 2 rings (SSSR count). The summed E-state index contributed by atoms with van der Waals surface area (Å²) in [5.74, 6) is 1.72. The minimum absolute atomic E-state index is 0.821. The smallest absolute Gasteiger partial charge is 0.126 e. The van der Waals surface area contributed by atoms with Crippen LogP contribution >= 0.6 is 15.9 Å². The van der Waals surface area contributed by atoms with E-state index in [2.05, 4.69) is 28.1 Å². The maximum atomic E-state index is 5.45. The predicted octanol–water partition coefficient (Wildman–Crippen LogP) is 4.27. The molecule has 0 atom stereocenters. The highest BCUT2D eigenvalue weighted by molar-refractivity contribution is 9.08. The van der Waals surface area contributed by atoms with Crippen molar-refractivity contribution in [3.05, 3.63) is 48.0 Å². The van der Waals surface area contributed by atoms with Crippen LogP contribution in [0.1, 0.15) is 5.56 Å². The van der Waals surface area contributed by atoms with Gasteiger partial charge in [-0.3, -0.25) is 0 Å². The lowest BCUT2D eigenvalue weighted by Crippen LogP contribution is -1.90. The molecule has 0 radical (unpaired) electrons. The Hall–Kier alpha value is -1.48. The van der Waals surface area contributed by atoms with Crippen LogP contribution in [0.25, 0.3) is 11.1 Å². The van der Waals surface area contributed by atoms with Gasteiger partial charge in [0.15, 0.2) is 0 Å². The Labute approximate surface area is 116 Å². The number of hydrogen-bond donors (Lipinski definition) is 0. The van der Waals surface area contributed by atoms with Crippen LogP contribution in [0.3, 0.4) is 0 Å². The van der Waals surface area contributed by atoms with Crippen LogP contribution in [-0.2, 0) is 5.33 Å². The summed E-state index contributed by atoms with van der Waals surface area (Å²) in [6, 6.07) is 14.2. The van der Waals surface area contributed by atoms with E-state index >= 15 is 0 Å². The van der Waals surface area contributed by atoms with Gasteiger partial charge in [0.05, 0.1) is 14.2 Å². The molecule has 94 valence electrons. The Morgan fingerprint density at radius 1 is 1.00 bits per heavy atom. The molecule has 0 spiro atoms. The SMILES string of the molecule is COc1cccc(-c2ccc(CBr)cc2OC)c1. The van der Waals surface area contributed by atoms with Crippen LogP contribution in [0, 0.1) is 0 Å². The molecule has 0 aliphatic rings. The maximum absolute atomic E-state index is 5.45. The third-order valence-corrected chi connectivity index (χ3v) is 3.45. The van der Waals surface area contributed by atoms with Crippen LogP contribution in [0.15, 0.2) is 42.5 Å². The number of halogens is 1. The van der Waals surface area contributed by atoms with Gasteiger partial charge in [-0.25, -0.2) is 0 Å². The summed E-state index contributed by atoms with van der Waals surface area (Å²) >= 11 is 3.45. The molecule has 0 amide bonds. The van der Waals surface area contributed by atoms with Gasteiger partial charge >= 0.3 is 0 Å². The zero-order valence-corrected chi connectivity index (χ0v) is 12.0. The zero-order chi connectivity index (χ0) is 13.0. The highest BCUT2D eigenvalue weighted by atomic mass is 79.9. The average molecular weight is 307 g/mol. The van der Waals surface area contributed by atoms with E-state index in [4.69, 9.17) is 9.47 Å². The van der Waals surface area contributed by atoms with Crippen LogP contribution in [0.5, 0.6) is 11.5 Å². The summed E-state index contributed by atoms with van der Waals surface area (Å²) in [6.45, 7) is 0. The first-order valence-electron chi connectivity index (χ1n) is 5.65. The zero-order valence-electron chi connectivity index (χ0n) is 10.4. The first kappa shape index (κ1) is 13.0. The largest absolute Gasteiger partial charge is 0.497 e. The lowest BCUT2D eigenvalue weighted by Gasteiger charge is -2.11. The normalized spacial score (nSPS) is 10.2. The topological polar surface area (TPSA) is 18.5 Å². The molecule has 0 fully saturated rings. The van der Waals surface area contributed by atoms with Crippen LogP contribution in [0.2, 0.25) is 0 Å². The molecule has 0 bridgehead atoms. The predicted molar refractivity (Wildman–Crippen MR) is 77.6 cm³/mol. The lowest BCUT2D eigenvalue weighted by atomic mass is 10.0. The van der Waals surface area contributed by atoms with Gasteiger partial charge < -0.3 is 9.47 Å². The average Bonchev–Trinajstić information content (AvgIpc) is 2.46. The molecule has 3 heteroatoms. The number of methoxy groups -OCH3 is 2. The van der Waals surface area contributed by atoms with Crippen molar-refractivity contribution in [1.29, 1.82) is 0 Å². The number of hydrogen-bond acceptors (Lipinski definition) is 2. The van der Waals surface area contributed by atoms with Gasteiger partial charge in [0.25, 0.3) is 0 Å². The van der Waals surface area contributed by atoms with Crippen molar-refractivity contribution >= 4 is 15.9 Å². The minimum atomic E-state index is 0.821. The first-order valence-corrected chi connectivity index (χ1v) is 6.78. The Bertz CT molecular complexity index is 538. The van der Waals surface area contributed by atoms with E-state index in [1.54, 1.807) is 14.2 Å². The quantitative estimate of drug-likeness (QED) is 0.786. The molecule has 0 N–H and O–H groups in total. The van der Waals surface area contributed by atoms with Crippen LogP contribution in [-0.4, -0.2) is 14.2 Å². The molecule has 18 heavy (non-hydrogen) atoms. The number of rotatable bonds is 4. The molecule has 2 aromatic rings. The Balaban J connectivity index is 2.48. The second kappa shape index (κ2) is 5.91. The molecular weight excluding hydrogens is 292 g/mol. The molecule has 0 unspecified atom stereocenters. The van der Waals surface area contributed by atoms with E-state index in [-0.39, 0.29) is 0 Å². The van der Waals surface area contributed by atoms with Gasteiger partial charge in [-0.1, -0.05) is 40.2 Å². The van der Waals surface area contributed by atoms with E-state index < -0.39 is 0 Å². The molecule has 0 saturated carbocycles. The van der Waals surface area contributed by atoms with E-state index in [1.807, 2.05) is 30.3 Å². The first-order chi connectivity index (χ1) is 8.78. The summed E-state index contributed by atoms with van der Waals surface area (Å²) in [5, 5.41) is 0.821. The van der Waals surface area contributed by atoms with E-state index in [1.165, 1.54) is 5.56 Å². The van der Waals surface area contributed by atoms with Gasteiger partial charge in [-0.2, -0.15) is 0 Å². The summed E-state index contributed by atoms with van der Waals surface area (Å²) in [6.07, 6.45) is 0. The third kappa shape index (κ3) is 2.67. The van der Waals surface area contributed by atoms with Gasteiger partial charge in [-0.15, -0.1) is 0 Å². The molecule has 0 aliphatic heterocycles. The highest BCUT2D eigenvalue weighted by Crippen LogP contribution is 2.33. The molecule has 2 nitrogen and oxygen atoms in total. The molecular formula is C15H15BrO2. The monoisotopic (exact) mass is 306 g/mol. The highest BCUT2D eigenvalue weighted by Gasteiger charge is 2.07. The van der Waals surface area contributed by atoms with Crippen molar-refractivity contribution in [2.24, 2.45) is 0 Å². The molecule has 0 heterocycles. The molecule has 0 aromatic heterocycles. The van der Waals surface area contributed by atoms with Crippen molar-refractivity contribution in [2.75, 3.05) is 14.2 Å². The fourth-order valence-corrected chi connectivity index (χ4v) is 2.20. The van der Waals surface area contributed by atoms with Gasteiger partial charge in [0, 0.05) is 10.9 Å². The summed E-state index contributed by atoms with van der Waals surface area (Å²) in [7, 11) is 3.36. The Kier molecular flexibility index (Phi) is 4.26. The Morgan fingerprint density at radius 2 is 1.83 bits per heavy atom. The molecule has 0 saturated heterocycles. The number of ether oxygens (including phenoxy) is 2. The van der Waals surface area contributed by atoms with Crippen molar-refractivity contribution in [2.45, 2.75) is 5.33 Å². The summed E-state index contributed by atoms with van der Waals surface area (Å²) in [5.41, 5.74) is 3.35. The second-order valence-corrected chi connectivity index (χ2v) is 4.46. The van der Waals surface area contributed by atoms with Gasteiger partial charge in [-0.05, 0) is 29.3 Å². The van der Waals surface area contributed by atoms with E-state index in [0.29, 0.717) is 0 Å². The minimum Gasteiger partial charge on any atom is -0.497 e. The van der Waals surface area contributed by atoms with Crippen molar-refractivity contribution in [3.63, 3.8) is 0 Å². The van der Waals surface area contributed by atoms with Gasteiger partial charge in [0.1, 0.15) is 11.5 Å². The summed E-state index contributed by atoms with van der Waals surface area (Å²) in [4.78, 5) is 0. The van der Waals surface area contributed by atoms with E-state index in [9.17, 15) is 0 Å². The Morgan fingerprint density at radius 3 is 2.50 bits per heavy atom. The van der Waals surface area contributed by atoms with Crippen molar-refractivity contribution in [3.8, 4) is 22.6 Å². The third-order valence-electron chi connectivity index (χ3n) is 2.80. The molecule has 0 aliphatic carbocycles. The standard InChI is InChI=1S/C15H15BrO2/c1-17-13-5-3-4-12(9-13)14-7-6-11(10-16)8-15(14)18-2/h3-9H,10H2,1-2H3. The lowest BCUT2D eigenvalue weighted by molar-refractivity contribution is 0.413. The fraction of sp³-hybridized carbons (Fsp3) is 0.200. The maximum Gasteiger partial charge on any atom is 0.126 e. The van der Waals surface area contributed by atoms with Gasteiger partial charge in [0.2, 0.25) is 0 Å². The second-order valence-electron chi connectivity index (χ2n) is 3.90.